The van der Waals surface area contributed by atoms with Crippen molar-refractivity contribution in [3.8, 4) is 0 Å². The average Bonchev–Trinajstić information content (AvgIpc) is 3.01. The largest absolute Gasteiger partial charge is 0.366 e. The number of aliphatic hydroxyl groups excluding tert-OH is 1. The van der Waals surface area contributed by atoms with Gasteiger partial charge in [0.2, 0.25) is 18.2 Å². The number of nitrogens with zero attached hydrogens (tertiary/aromatic N) is 2. The van der Waals surface area contributed by atoms with Crippen LogP contribution in [0.15, 0.2) is 0 Å². The number of aliphatic hydroxyl groups is 1. The Morgan fingerprint density at radius 1 is 1.00 bits per heavy atom. The van der Waals surface area contributed by atoms with E-state index in [0.717, 1.165) is 0 Å². The topological polar surface area (TPSA) is 107 Å². The van der Waals surface area contributed by atoms with E-state index < -0.39 is 49.3 Å². The number of hydrogen-bond donors (Lipinski definition) is 1. The van der Waals surface area contributed by atoms with Crippen LogP contribution in [-0.2, 0) is 33.3 Å². The number of carbonyl (C=O) groups is 2. The molecule has 10 heteroatoms. The van der Waals surface area contributed by atoms with E-state index >= 15 is 0 Å². The molecule has 0 aromatic heterocycles. The van der Waals surface area contributed by atoms with Gasteiger partial charge in [-0.25, -0.2) is 0 Å². The molecule has 3 saturated heterocycles. The molecule has 7 unspecified atom stereocenters. The molecule has 3 aliphatic heterocycles. The zero-order valence-electron chi connectivity index (χ0n) is 14.7. The quantitative estimate of drug-likeness (QED) is 0.604. The second-order valence-electron chi connectivity index (χ2n) is 6.54. The lowest BCUT2D eigenvalue weighted by Crippen LogP contribution is -2.61. The van der Waals surface area contributed by atoms with Gasteiger partial charge in [0, 0.05) is 21.1 Å². The lowest BCUT2D eigenvalue weighted by Gasteiger charge is -2.44. The zero-order valence-corrected chi connectivity index (χ0v) is 14.7. The summed E-state index contributed by atoms with van der Waals surface area (Å²) in [7, 11) is 4.62. The minimum Gasteiger partial charge on any atom is -0.366 e. The van der Waals surface area contributed by atoms with Crippen molar-refractivity contribution in [3.05, 3.63) is 0 Å². The van der Waals surface area contributed by atoms with Gasteiger partial charge in [-0.3, -0.25) is 14.5 Å². The maximum absolute atomic E-state index is 12.2. The van der Waals surface area contributed by atoms with Crippen LogP contribution < -0.4 is 0 Å². The van der Waals surface area contributed by atoms with Crippen LogP contribution in [0, 0.1) is 0 Å². The molecule has 0 radical (unpaired) electrons. The van der Waals surface area contributed by atoms with Gasteiger partial charge < -0.3 is 33.7 Å². The van der Waals surface area contributed by atoms with Gasteiger partial charge in [0.25, 0.3) is 0 Å². The first kappa shape index (κ1) is 18.5. The van der Waals surface area contributed by atoms with Crippen LogP contribution in [0.5, 0.6) is 0 Å². The zero-order chi connectivity index (χ0) is 18.3. The summed E-state index contributed by atoms with van der Waals surface area (Å²) in [5.74, 6) is -0.771. The standard InChI is InChI=1S/C15H24N2O8/c1-7-21-6-8-11(22-7)12-13(14(20)23-8)25-15(24-12)17(4)10(19)5-9(18)16(2)3/h7-8,11-15,20H,5-6H2,1-4H3. The molecule has 0 bridgehead atoms. The van der Waals surface area contributed by atoms with E-state index in [1.807, 2.05) is 0 Å². The van der Waals surface area contributed by atoms with Crippen molar-refractivity contribution in [2.45, 2.75) is 56.8 Å². The van der Waals surface area contributed by atoms with Crippen molar-refractivity contribution < 1.29 is 38.4 Å². The molecule has 2 amide bonds. The molecule has 3 aliphatic rings. The molecule has 0 aromatic rings. The van der Waals surface area contributed by atoms with Gasteiger partial charge in [0.1, 0.15) is 30.8 Å². The van der Waals surface area contributed by atoms with Gasteiger partial charge in [-0.2, -0.15) is 0 Å². The average molecular weight is 360 g/mol. The molecule has 3 rings (SSSR count). The molecule has 0 spiro atoms. The fraction of sp³-hybridized carbons (Fsp3) is 0.867. The molecule has 10 nitrogen and oxygen atoms in total. The molecule has 142 valence electrons. The third kappa shape index (κ3) is 3.64. The second kappa shape index (κ2) is 7.14. The van der Waals surface area contributed by atoms with Crippen LogP contribution in [0.25, 0.3) is 0 Å². The summed E-state index contributed by atoms with van der Waals surface area (Å²) >= 11 is 0. The number of ether oxygens (including phenoxy) is 5. The van der Waals surface area contributed by atoms with Gasteiger partial charge in [-0.1, -0.05) is 0 Å². The minimum absolute atomic E-state index is 0.270. The highest BCUT2D eigenvalue weighted by Gasteiger charge is 2.56. The summed E-state index contributed by atoms with van der Waals surface area (Å²) in [4.78, 5) is 26.5. The van der Waals surface area contributed by atoms with Gasteiger partial charge >= 0.3 is 0 Å². The highest BCUT2D eigenvalue weighted by Crippen LogP contribution is 2.36. The van der Waals surface area contributed by atoms with Crippen LogP contribution in [0.1, 0.15) is 13.3 Å². The predicted molar refractivity (Wildman–Crippen MR) is 80.8 cm³/mol. The van der Waals surface area contributed by atoms with Gasteiger partial charge in [-0.15, -0.1) is 0 Å². The fourth-order valence-corrected chi connectivity index (χ4v) is 3.00. The molecular weight excluding hydrogens is 336 g/mol. The van der Waals surface area contributed by atoms with Crippen molar-refractivity contribution >= 4 is 11.8 Å². The first-order valence-electron chi connectivity index (χ1n) is 8.15. The van der Waals surface area contributed by atoms with Crippen LogP contribution in [0.3, 0.4) is 0 Å². The summed E-state index contributed by atoms with van der Waals surface area (Å²) in [6.07, 6.45) is -5.34. The number of fused-ring (bicyclic) bond motifs is 3. The smallest absolute Gasteiger partial charge is 0.243 e. The molecular formula is C15H24N2O8. The SMILES string of the molecule is CC1OCC2OC(O)C3OC(N(C)C(=O)CC(=O)N(C)C)OC3C2O1. The first-order valence-corrected chi connectivity index (χ1v) is 8.15. The van der Waals surface area contributed by atoms with Crippen LogP contribution in [0.2, 0.25) is 0 Å². The van der Waals surface area contributed by atoms with Crippen molar-refractivity contribution in [1.29, 1.82) is 0 Å². The third-order valence-corrected chi connectivity index (χ3v) is 4.51. The molecule has 1 N–H and O–H groups in total. The Balaban J connectivity index is 1.66. The second-order valence-corrected chi connectivity index (χ2v) is 6.54. The summed E-state index contributed by atoms with van der Waals surface area (Å²) in [5.41, 5.74) is 0. The monoisotopic (exact) mass is 360 g/mol. The summed E-state index contributed by atoms with van der Waals surface area (Å²) < 4.78 is 28.0. The first-order chi connectivity index (χ1) is 11.8. The Bertz CT molecular complexity index is 530. The lowest BCUT2D eigenvalue weighted by atomic mass is 9.98. The van der Waals surface area contributed by atoms with Crippen molar-refractivity contribution in [2.75, 3.05) is 27.7 Å². The van der Waals surface area contributed by atoms with Crippen molar-refractivity contribution in [2.24, 2.45) is 0 Å². The highest BCUT2D eigenvalue weighted by atomic mass is 16.8. The van der Waals surface area contributed by atoms with Crippen LogP contribution >= 0.6 is 0 Å². The van der Waals surface area contributed by atoms with E-state index in [0.29, 0.717) is 0 Å². The molecule has 0 aromatic carbocycles. The highest BCUT2D eigenvalue weighted by molar-refractivity contribution is 5.96. The van der Waals surface area contributed by atoms with E-state index in [-0.39, 0.29) is 18.9 Å². The van der Waals surface area contributed by atoms with Crippen molar-refractivity contribution in [3.63, 3.8) is 0 Å². The van der Waals surface area contributed by atoms with E-state index in [1.54, 1.807) is 21.0 Å². The maximum Gasteiger partial charge on any atom is 0.243 e. The van der Waals surface area contributed by atoms with Gasteiger partial charge in [0.15, 0.2) is 12.6 Å². The fourth-order valence-electron chi connectivity index (χ4n) is 3.00. The van der Waals surface area contributed by atoms with E-state index in [1.165, 1.54) is 16.8 Å². The normalized spacial score (nSPS) is 40.1. The van der Waals surface area contributed by atoms with E-state index in [9.17, 15) is 14.7 Å². The Morgan fingerprint density at radius 3 is 2.36 bits per heavy atom. The van der Waals surface area contributed by atoms with Gasteiger partial charge in [0.05, 0.1) is 6.61 Å². The Labute approximate surface area is 145 Å². The number of carbonyl (C=O) groups excluding carboxylic acids is 2. The molecule has 25 heavy (non-hydrogen) atoms. The lowest BCUT2D eigenvalue weighted by molar-refractivity contribution is -0.333. The number of hydrogen-bond acceptors (Lipinski definition) is 8. The Morgan fingerprint density at radius 2 is 1.68 bits per heavy atom. The molecule has 0 aliphatic carbocycles. The predicted octanol–water partition coefficient (Wildman–Crippen LogP) is -1.53. The molecule has 7 atom stereocenters. The maximum atomic E-state index is 12.2. The Kier molecular flexibility index (Phi) is 5.28. The third-order valence-electron chi connectivity index (χ3n) is 4.51. The van der Waals surface area contributed by atoms with E-state index in [2.05, 4.69) is 0 Å². The molecule has 3 fully saturated rings. The molecule has 3 heterocycles. The number of rotatable bonds is 3. The summed E-state index contributed by atoms with van der Waals surface area (Å²) in [6, 6.07) is 0. The van der Waals surface area contributed by atoms with Crippen LogP contribution in [-0.4, -0.2) is 97.9 Å². The van der Waals surface area contributed by atoms with Crippen LogP contribution in [0.4, 0.5) is 0 Å². The summed E-state index contributed by atoms with van der Waals surface area (Å²) in [5, 5.41) is 10.1. The van der Waals surface area contributed by atoms with E-state index in [4.69, 9.17) is 23.7 Å². The summed E-state index contributed by atoms with van der Waals surface area (Å²) in [6.45, 7) is 2.03. The minimum atomic E-state index is -1.22. The molecule has 0 saturated carbocycles. The number of amides is 2. The Hall–Kier alpha value is -1.30. The van der Waals surface area contributed by atoms with Crippen molar-refractivity contribution in [1.82, 2.24) is 9.80 Å². The van der Waals surface area contributed by atoms with Gasteiger partial charge in [-0.05, 0) is 6.92 Å².